The van der Waals surface area contributed by atoms with E-state index in [1.54, 1.807) is 13.2 Å². The van der Waals surface area contributed by atoms with Gasteiger partial charge in [-0.25, -0.2) is 4.39 Å². The van der Waals surface area contributed by atoms with Gasteiger partial charge in [-0.2, -0.15) is 0 Å². The third-order valence-corrected chi connectivity index (χ3v) is 2.30. The van der Waals surface area contributed by atoms with Gasteiger partial charge in [-0.3, -0.25) is 9.89 Å². The van der Waals surface area contributed by atoms with Gasteiger partial charge in [0.15, 0.2) is 0 Å². The van der Waals surface area contributed by atoms with E-state index in [-0.39, 0.29) is 11.7 Å². The summed E-state index contributed by atoms with van der Waals surface area (Å²) in [6.45, 7) is 0.354. The summed E-state index contributed by atoms with van der Waals surface area (Å²) in [5, 5.41) is 9.92. The number of nitrogens with zero attached hydrogens (tertiary/aromatic N) is 3. The first-order valence-corrected chi connectivity index (χ1v) is 5.03. The molecule has 0 saturated carbocycles. The fraction of sp³-hybridized carbons (Fsp3) is 0.182. The highest BCUT2D eigenvalue weighted by atomic mass is 19.1. The average molecular weight is 234 g/mol. The Hall–Kier alpha value is -2.24. The van der Waals surface area contributed by atoms with E-state index in [1.807, 2.05) is 0 Å². The monoisotopic (exact) mass is 234 g/mol. The lowest BCUT2D eigenvalue weighted by molar-refractivity contribution is 0.0783. The quantitative estimate of drug-likeness (QED) is 0.868. The number of nitrogens with one attached hydrogen (secondary N) is 1. The fourth-order valence-corrected chi connectivity index (χ4v) is 1.43. The molecule has 1 aromatic carbocycles. The van der Waals surface area contributed by atoms with Gasteiger partial charge < -0.3 is 4.90 Å². The number of amides is 1. The number of aromatic nitrogens is 3. The highest BCUT2D eigenvalue weighted by Crippen LogP contribution is 2.07. The number of carbonyl (C=O) groups is 1. The van der Waals surface area contributed by atoms with Gasteiger partial charge in [-0.15, -0.1) is 5.10 Å². The Balaban J connectivity index is 2.07. The molecule has 0 spiro atoms. The lowest BCUT2D eigenvalue weighted by Gasteiger charge is -2.15. The van der Waals surface area contributed by atoms with Crippen molar-refractivity contribution in [3.8, 4) is 0 Å². The second-order valence-electron chi connectivity index (χ2n) is 3.63. The molecule has 2 aromatic rings. The van der Waals surface area contributed by atoms with Crippen molar-refractivity contribution in [2.75, 3.05) is 7.05 Å². The first-order valence-electron chi connectivity index (χ1n) is 5.03. The molecule has 17 heavy (non-hydrogen) atoms. The number of H-pyrrole nitrogens is 1. The van der Waals surface area contributed by atoms with Crippen LogP contribution in [-0.2, 0) is 6.54 Å². The van der Waals surface area contributed by atoms with Crippen molar-refractivity contribution in [2.45, 2.75) is 6.54 Å². The summed E-state index contributed by atoms with van der Waals surface area (Å²) in [6, 6.07) is 5.43. The second kappa shape index (κ2) is 4.73. The Morgan fingerprint density at radius 2 is 2.12 bits per heavy atom. The van der Waals surface area contributed by atoms with Crippen LogP contribution in [0.15, 0.2) is 30.5 Å². The zero-order valence-corrected chi connectivity index (χ0v) is 9.22. The first kappa shape index (κ1) is 11.3. The molecule has 1 heterocycles. The molecule has 6 heteroatoms. The van der Waals surface area contributed by atoms with E-state index in [2.05, 4.69) is 15.4 Å². The number of halogens is 1. The molecule has 0 unspecified atom stereocenters. The van der Waals surface area contributed by atoms with E-state index in [4.69, 9.17) is 0 Å². The lowest BCUT2D eigenvalue weighted by Crippen LogP contribution is -2.26. The van der Waals surface area contributed by atoms with E-state index in [9.17, 15) is 9.18 Å². The summed E-state index contributed by atoms with van der Waals surface area (Å²) in [7, 11) is 1.65. The van der Waals surface area contributed by atoms with E-state index in [1.165, 1.54) is 29.2 Å². The predicted octanol–water partition coefficient (Wildman–Crippen LogP) is 1.22. The van der Waals surface area contributed by atoms with Gasteiger partial charge in [0.1, 0.15) is 11.5 Å². The highest BCUT2D eigenvalue weighted by molar-refractivity contribution is 5.93. The summed E-state index contributed by atoms with van der Waals surface area (Å²) >= 11 is 0. The number of benzene rings is 1. The van der Waals surface area contributed by atoms with Crippen molar-refractivity contribution in [1.29, 1.82) is 0 Å². The van der Waals surface area contributed by atoms with Crippen LogP contribution in [0.3, 0.4) is 0 Å². The molecule has 1 amide bonds. The molecule has 2 rings (SSSR count). The summed E-state index contributed by atoms with van der Waals surface area (Å²) in [4.78, 5) is 13.4. The van der Waals surface area contributed by atoms with Gasteiger partial charge in [-0.1, -0.05) is 5.21 Å². The van der Waals surface area contributed by atoms with Crippen molar-refractivity contribution in [3.63, 3.8) is 0 Å². The molecule has 0 fully saturated rings. The molecule has 5 nitrogen and oxygen atoms in total. The maximum absolute atomic E-state index is 12.7. The number of rotatable bonds is 3. The summed E-state index contributed by atoms with van der Waals surface area (Å²) < 4.78 is 12.7. The van der Waals surface area contributed by atoms with Gasteiger partial charge in [0.2, 0.25) is 0 Å². The number of hydrogen-bond acceptors (Lipinski definition) is 3. The second-order valence-corrected chi connectivity index (χ2v) is 3.63. The maximum atomic E-state index is 12.7. The number of hydrogen-bond donors (Lipinski definition) is 1. The van der Waals surface area contributed by atoms with Gasteiger partial charge in [0.05, 0.1) is 6.54 Å². The lowest BCUT2D eigenvalue weighted by atomic mass is 10.2. The predicted molar refractivity (Wildman–Crippen MR) is 58.6 cm³/mol. The Morgan fingerprint density at radius 3 is 2.71 bits per heavy atom. The van der Waals surface area contributed by atoms with Crippen LogP contribution in [0, 0.1) is 5.82 Å². The Kier molecular flexibility index (Phi) is 3.13. The number of carbonyl (C=O) groups excluding carboxylic acids is 1. The molecule has 0 aliphatic heterocycles. The normalized spacial score (nSPS) is 10.2. The van der Waals surface area contributed by atoms with Crippen molar-refractivity contribution < 1.29 is 9.18 Å². The minimum Gasteiger partial charge on any atom is -0.336 e. The zero-order chi connectivity index (χ0) is 12.3. The largest absolute Gasteiger partial charge is 0.336 e. The molecular formula is C11H11FN4O. The van der Waals surface area contributed by atoms with Crippen LogP contribution in [0.1, 0.15) is 16.1 Å². The molecule has 0 aliphatic rings. The Bertz CT molecular complexity index is 495. The third kappa shape index (κ3) is 2.66. The van der Waals surface area contributed by atoms with Crippen LogP contribution >= 0.6 is 0 Å². The van der Waals surface area contributed by atoms with Crippen LogP contribution in [-0.4, -0.2) is 33.3 Å². The van der Waals surface area contributed by atoms with Crippen LogP contribution in [0.5, 0.6) is 0 Å². The van der Waals surface area contributed by atoms with Crippen molar-refractivity contribution >= 4 is 5.91 Å². The van der Waals surface area contributed by atoms with E-state index < -0.39 is 0 Å². The van der Waals surface area contributed by atoms with Crippen molar-refractivity contribution in [1.82, 2.24) is 20.3 Å². The van der Waals surface area contributed by atoms with Crippen LogP contribution in [0.25, 0.3) is 0 Å². The third-order valence-electron chi connectivity index (χ3n) is 2.30. The van der Waals surface area contributed by atoms with E-state index >= 15 is 0 Å². The van der Waals surface area contributed by atoms with Crippen LogP contribution < -0.4 is 0 Å². The highest BCUT2D eigenvalue weighted by Gasteiger charge is 2.12. The molecular weight excluding hydrogens is 223 g/mol. The van der Waals surface area contributed by atoms with E-state index in [0.717, 1.165) is 0 Å². The Morgan fingerprint density at radius 1 is 1.41 bits per heavy atom. The molecule has 0 radical (unpaired) electrons. The zero-order valence-electron chi connectivity index (χ0n) is 9.22. The average Bonchev–Trinajstić information content (AvgIpc) is 2.82. The van der Waals surface area contributed by atoms with Crippen molar-refractivity contribution in [3.05, 3.63) is 47.5 Å². The van der Waals surface area contributed by atoms with Gasteiger partial charge in [0, 0.05) is 18.8 Å². The summed E-state index contributed by atoms with van der Waals surface area (Å²) in [6.07, 6.45) is 1.62. The Labute approximate surface area is 97.3 Å². The minimum atomic E-state index is -0.360. The molecule has 1 aromatic heterocycles. The summed E-state index contributed by atoms with van der Waals surface area (Å²) in [5.41, 5.74) is 1.11. The maximum Gasteiger partial charge on any atom is 0.253 e. The first-order chi connectivity index (χ1) is 8.16. The molecule has 88 valence electrons. The van der Waals surface area contributed by atoms with Crippen LogP contribution in [0.4, 0.5) is 4.39 Å². The summed E-state index contributed by atoms with van der Waals surface area (Å²) in [5.74, 6) is -0.547. The van der Waals surface area contributed by atoms with Gasteiger partial charge >= 0.3 is 0 Å². The topological polar surface area (TPSA) is 61.9 Å². The smallest absolute Gasteiger partial charge is 0.253 e. The molecule has 0 aliphatic carbocycles. The molecule has 0 saturated heterocycles. The van der Waals surface area contributed by atoms with Crippen molar-refractivity contribution in [2.24, 2.45) is 0 Å². The van der Waals surface area contributed by atoms with Gasteiger partial charge in [0.25, 0.3) is 5.91 Å². The minimum absolute atomic E-state index is 0.187. The molecule has 0 bridgehead atoms. The van der Waals surface area contributed by atoms with Crippen LogP contribution in [0.2, 0.25) is 0 Å². The number of aromatic amines is 1. The van der Waals surface area contributed by atoms with Gasteiger partial charge in [-0.05, 0) is 24.3 Å². The molecule has 0 atom stereocenters. The standard InChI is InChI=1S/C11H11FN4O/c1-16(7-10-6-13-15-14-10)11(17)8-2-4-9(12)5-3-8/h2-6H,7H2,1H3,(H,13,14,15). The van der Waals surface area contributed by atoms with E-state index in [0.29, 0.717) is 17.8 Å². The molecule has 1 N–H and O–H groups in total. The fourth-order valence-electron chi connectivity index (χ4n) is 1.43. The SMILES string of the molecule is CN(Cc1c[nH]nn1)C(=O)c1ccc(F)cc1.